The van der Waals surface area contributed by atoms with Gasteiger partial charge in [0.25, 0.3) is 0 Å². The fourth-order valence-corrected chi connectivity index (χ4v) is 1.73. The Labute approximate surface area is 101 Å². The second-order valence-electron chi connectivity index (χ2n) is 4.66. The molecule has 0 radical (unpaired) electrons. The Hall–Kier alpha value is -1.58. The molecule has 0 saturated heterocycles. The number of hydrogen-bond donors (Lipinski definition) is 1. The van der Waals surface area contributed by atoms with Crippen LogP contribution in [0.3, 0.4) is 0 Å². The molecule has 0 atom stereocenters. The number of aromatic carboxylic acids is 1. The van der Waals surface area contributed by atoms with E-state index >= 15 is 0 Å². The van der Waals surface area contributed by atoms with Gasteiger partial charge >= 0.3 is 5.97 Å². The average molecular weight is 238 g/mol. The van der Waals surface area contributed by atoms with E-state index in [0.29, 0.717) is 24.2 Å². The van der Waals surface area contributed by atoms with E-state index in [4.69, 9.17) is 4.42 Å². The minimum atomic E-state index is -1.10. The van der Waals surface area contributed by atoms with E-state index in [1.807, 2.05) is 27.7 Å². The van der Waals surface area contributed by atoms with Crippen LogP contribution in [0.1, 0.15) is 66.4 Å². The average Bonchev–Trinajstić information content (AvgIpc) is 2.67. The van der Waals surface area contributed by atoms with Crippen molar-refractivity contribution in [2.75, 3.05) is 0 Å². The highest BCUT2D eigenvalue weighted by atomic mass is 16.4. The summed E-state index contributed by atoms with van der Waals surface area (Å²) in [6.07, 6.45) is 1.82. The number of rotatable bonds is 5. The van der Waals surface area contributed by atoms with Crippen molar-refractivity contribution in [2.45, 2.75) is 46.0 Å². The third kappa shape index (κ3) is 2.25. The number of carbonyl (C=O) groups excluding carboxylic acids is 1. The van der Waals surface area contributed by atoms with E-state index in [2.05, 4.69) is 0 Å². The van der Waals surface area contributed by atoms with Gasteiger partial charge in [0.15, 0.2) is 6.29 Å². The zero-order chi connectivity index (χ0) is 13.2. The van der Waals surface area contributed by atoms with E-state index in [1.165, 1.54) is 0 Å². The van der Waals surface area contributed by atoms with Crippen molar-refractivity contribution in [1.82, 2.24) is 0 Å². The maximum Gasteiger partial charge on any atom is 0.340 e. The van der Waals surface area contributed by atoms with E-state index in [9.17, 15) is 14.7 Å². The summed E-state index contributed by atoms with van der Waals surface area (Å²) >= 11 is 0. The van der Waals surface area contributed by atoms with E-state index in [-0.39, 0.29) is 16.5 Å². The number of furan rings is 1. The van der Waals surface area contributed by atoms with Crippen LogP contribution in [-0.2, 0) is 11.8 Å². The summed E-state index contributed by atoms with van der Waals surface area (Å²) in [5, 5.41) is 9.23. The van der Waals surface area contributed by atoms with Crippen LogP contribution in [0, 0.1) is 0 Å². The van der Waals surface area contributed by atoms with Crippen molar-refractivity contribution < 1.29 is 19.1 Å². The van der Waals surface area contributed by atoms with Crippen LogP contribution in [0.4, 0.5) is 0 Å². The number of aryl methyl sites for hydroxylation is 1. The molecule has 1 aromatic heterocycles. The van der Waals surface area contributed by atoms with Crippen LogP contribution >= 0.6 is 0 Å². The molecule has 0 aliphatic heterocycles. The summed E-state index contributed by atoms with van der Waals surface area (Å²) in [7, 11) is 0. The van der Waals surface area contributed by atoms with Gasteiger partial charge < -0.3 is 9.52 Å². The molecule has 0 aromatic carbocycles. The van der Waals surface area contributed by atoms with Gasteiger partial charge in [0.1, 0.15) is 17.1 Å². The van der Waals surface area contributed by atoms with Crippen molar-refractivity contribution in [3.05, 3.63) is 22.6 Å². The lowest BCUT2D eigenvalue weighted by molar-refractivity contribution is 0.0689. The normalized spacial score (nSPS) is 11.5. The molecule has 0 unspecified atom stereocenters. The summed E-state index contributed by atoms with van der Waals surface area (Å²) in [5.74, 6) is -0.257. The fraction of sp³-hybridized carbons (Fsp3) is 0.538. The highest BCUT2D eigenvalue weighted by molar-refractivity contribution is 5.99. The Bertz CT molecular complexity index is 441. The molecule has 94 valence electrons. The van der Waals surface area contributed by atoms with Crippen molar-refractivity contribution in [2.24, 2.45) is 0 Å². The molecule has 0 saturated carbocycles. The lowest BCUT2D eigenvalue weighted by Crippen LogP contribution is -2.18. The Morgan fingerprint density at radius 1 is 1.41 bits per heavy atom. The van der Waals surface area contributed by atoms with E-state index < -0.39 is 5.97 Å². The molecule has 4 nitrogen and oxygen atoms in total. The van der Waals surface area contributed by atoms with Gasteiger partial charge in [-0.2, -0.15) is 0 Å². The van der Waals surface area contributed by atoms with Gasteiger partial charge in [-0.15, -0.1) is 0 Å². The molecule has 0 bridgehead atoms. The van der Waals surface area contributed by atoms with Gasteiger partial charge in [-0.1, -0.05) is 27.7 Å². The zero-order valence-electron chi connectivity index (χ0n) is 10.7. The SMILES string of the molecule is CCc1oc(C(C)(C)CC)c(C(=O)O)c1C=O. The highest BCUT2D eigenvalue weighted by Crippen LogP contribution is 2.34. The van der Waals surface area contributed by atoms with Crippen LogP contribution in [0.15, 0.2) is 4.42 Å². The first-order valence-electron chi connectivity index (χ1n) is 5.73. The maximum absolute atomic E-state index is 11.3. The molecule has 1 rings (SSSR count). The Balaban J connectivity index is 3.55. The molecule has 0 aliphatic rings. The fourth-order valence-electron chi connectivity index (χ4n) is 1.73. The lowest BCUT2D eigenvalue weighted by atomic mass is 9.84. The second-order valence-corrected chi connectivity index (χ2v) is 4.66. The van der Waals surface area contributed by atoms with Crippen LogP contribution < -0.4 is 0 Å². The molecule has 1 heterocycles. The van der Waals surface area contributed by atoms with Gasteiger partial charge in [-0.25, -0.2) is 4.79 Å². The number of carboxylic acids is 1. The molecule has 0 amide bonds. The first-order chi connectivity index (χ1) is 7.88. The van der Waals surface area contributed by atoms with E-state index in [1.54, 1.807) is 0 Å². The molecular formula is C13H18O4. The predicted molar refractivity (Wildman–Crippen MR) is 63.7 cm³/mol. The molecule has 17 heavy (non-hydrogen) atoms. The van der Waals surface area contributed by atoms with Crippen molar-refractivity contribution >= 4 is 12.3 Å². The van der Waals surface area contributed by atoms with Gasteiger partial charge in [0.2, 0.25) is 0 Å². The largest absolute Gasteiger partial charge is 0.478 e. The topological polar surface area (TPSA) is 67.5 Å². The van der Waals surface area contributed by atoms with Crippen molar-refractivity contribution in [3.63, 3.8) is 0 Å². The van der Waals surface area contributed by atoms with Gasteiger partial charge in [-0.3, -0.25) is 4.79 Å². The number of aldehydes is 1. The molecule has 1 aromatic rings. The highest BCUT2D eigenvalue weighted by Gasteiger charge is 2.33. The van der Waals surface area contributed by atoms with Gasteiger partial charge in [0, 0.05) is 11.8 Å². The zero-order valence-corrected chi connectivity index (χ0v) is 10.7. The minimum absolute atomic E-state index is 0.0173. The maximum atomic E-state index is 11.3. The second kappa shape index (κ2) is 4.73. The summed E-state index contributed by atoms with van der Waals surface area (Å²) in [6, 6.07) is 0. The number of carbonyl (C=O) groups is 2. The lowest BCUT2D eigenvalue weighted by Gasteiger charge is -2.20. The molecular weight excluding hydrogens is 220 g/mol. The summed E-state index contributed by atoms with van der Waals surface area (Å²) in [5.41, 5.74) is -0.195. The third-order valence-electron chi connectivity index (χ3n) is 3.17. The van der Waals surface area contributed by atoms with E-state index in [0.717, 1.165) is 6.42 Å². The smallest absolute Gasteiger partial charge is 0.340 e. The van der Waals surface area contributed by atoms with Gasteiger partial charge in [0.05, 0.1) is 5.56 Å². The molecule has 1 N–H and O–H groups in total. The Kier molecular flexibility index (Phi) is 3.76. The van der Waals surface area contributed by atoms with Crippen LogP contribution in [-0.4, -0.2) is 17.4 Å². The monoisotopic (exact) mass is 238 g/mol. The Morgan fingerprint density at radius 3 is 2.35 bits per heavy atom. The molecule has 0 spiro atoms. The summed E-state index contributed by atoms with van der Waals surface area (Å²) in [4.78, 5) is 22.3. The Morgan fingerprint density at radius 2 is 2.00 bits per heavy atom. The summed E-state index contributed by atoms with van der Waals surface area (Å²) in [6.45, 7) is 7.61. The van der Waals surface area contributed by atoms with Gasteiger partial charge in [-0.05, 0) is 6.42 Å². The third-order valence-corrected chi connectivity index (χ3v) is 3.17. The number of hydrogen-bond acceptors (Lipinski definition) is 3. The minimum Gasteiger partial charge on any atom is -0.478 e. The quantitative estimate of drug-likeness (QED) is 0.800. The van der Waals surface area contributed by atoms with Crippen molar-refractivity contribution in [3.8, 4) is 0 Å². The molecule has 0 fully saturated rings. The van der Waals surface area contributed by atoms with Crippen LogP contribution in [0.2, 0.25) is 0 Å². The number of carboxylic acid groups (broad SMARTS) is 1. The predicted octanol–water partition coefficient (Wildman–Crippen LogP) is 3.04. The first kappa shape index (κ1) is 13.5. The standard InChI is InChI=1S/C13H18O4/c1-5-9-8(7-14)10(12(15)16)11(17-9)13(3,4)6-2/h7H,5-6H2,1-4H3,(H,15,16). The molecule has 4 heteroatoms. The summed E-state index contributed by atoms with van der Waals surface area (Å²) < 4.78 is 5.59. The first-order valence-corrected chi connectivity index (χ1v) is 5.73. The molecule has 0 aliphatic carbocycles. The van der Waals surface area contributed by atoms with Crippen LogP contribution in [0.5, 0.6) is 0 Å². The van der Waals surface area contributed by atoms with Crippen LogP contribution in [0.25, 0.3) is 0 Å². The van der Waals surface area contributed by atoms with Crippen molar-refractivity contribution in [1.29, 1.82) is 0 Å².